The molecule has 2 N–H and O–H groups in total. The normalized spacial score (nSPS) is 11.0. The lowest BCUT2D eigenvalue weighted by molar-refractivity contribution is 0.262. The van der Waals surface area contributed by atoms with Crippen molar-refractivity contribution in [1.82, 2.24) is 15.0 Å². The molecule has 8 nitrogen and oxygen atoms in total. The maximum Gasteiger partial charge on any atom is 0.323 e. The number of nitrogens with zero attached hydrogens (tertiary/aromatic N) is 3. The van der Waals surface area contributed by atoms with E-state index in [1.807, 2.05) is 20.8 Å². The molecule has 148 valence electrons. The van der Waals surface area contributed by atoms with E-state index in [2.05, 4.69) is 25.6 Å². The van der Waals surface area contributed by atoms with Crippen molar-refractivity contribution in [3.8, 4) is 11.8 Å². The Bertz CT molecular complexity index is 1040. The number of pyridine rings is 2. The number of hydrogen-bond donors (Lipinski definition) is 2. The smallest absolute Gasteiger partial charge is 0.323 e. The van der Waals surface area contributed by atoms with E-state index in [1.165, 1.54) is 31.6 Å². The molecule has 0 bridgehead atoms. The number of rotatable bonds is 5. The summed E-state index contributed by atoms with van der Waals surface area (Å²) in [6.45, 7) is 6.02. The maximum absolute atomic E-state index is 12.6. The van der Waals surface area contributed by atoms with Gasteiger partial charge in [0.1, 0.15) is 21.1 Å². The molecular weight excluding hydrogens is 402 g/mol. The summed E-state index contributed by atoms with van der Waals surface area (Å²) >= 11 is 7.63. The van der Waals surface area contributed by atoms with Crippen LogP contribution in [-0.4, -0.2) is 35.2 Å². The van der Waals surface area contributed by atoms with Gasteiger partial charge in [0.2, 0.25) is 11.8 Å². The Balaban J connectivity index is 1.90. The Morgan fingerprint density at radius 1 is 1.14 bits per heavy atom. The zero-order valence-electron chi connectivity index (χ0n) is 16.1. The van der Waals surface area contributed by atoms with Crippen molar-refractivity contribution < 1.29 is 14.3 Å². The fourth-order valence-corrected chi connectivity index (χ4v) is 3.81. The van der Waals surface area contributed by atoms with E-state index in [0.717, 1.165) is 20.9 Å². The third-order valence-electron chi connectivity index (χ3n) is 3.94. The molecular formula is C18H20ClN5O3S. The first-order valence-electron chi connectivity index (χ1n) is 8.46. The SMILES string of the molecule is COc1nc(OC)c(NC(=O)Nc2cnc3sc(C)nc3c2C(C)C)cc1Cl. The molecule has 2 amide bonds. The van der Waals surface area contributed by atoms with Gasteiger partial charge in [-0.15, -0.1) is 0 Å². The minimum atomic E-state index is -0.476. The van der Waals surface area contributed by atoms with Gasteiger partial charge in [-0.05, 0) is 18.9 Å². The molecule has 3 rings (SSSR count). The average Bonchev–Trinajstić information content (AvgIpc) is 3.01. The number of ether oxygens (including phenoxy) is 2. The Hall–Kier alpha value is -2.65. The number of fused-ring (bicyclic) bond motifs is 1. The number of methoxy groups -OCH3 is 2. The Morgan fingerprint density at radius 3 is 2.46 bits per heavy atom. The lowest BCUT2D eigenvalue weighted by Gasteiger charge is -2.15. The summed E-state index contributed by atoms with van der Waals surface area (Å²) in [5.41, 5.74) is 2.65. The largest absolute Gasteiger partial charge is 0.480 e. The molecule has 28 heavy (non-hydrogen) atoms. The highest BCUT2D eigenvalue weighted by atomic mass is 35.5. The number of aryl methyl sites for hydroxylation is 1. The highest BCUT2D eigenvalue weighted by Gasteiger charge is 2.19. The highest BCUT2D eigenvalue weighted by Crippen LogP contribution is 2.34. The molecule has 0 aliphatic rings. The van der Waals surface area contributed by atoms with Crippen molar-refractivity contribution in [2.24, 2.45) is 0 Å². The van der Waals surface area contributed by atoms with Gasteiger partial charge < -0.3 is 20.1 Å². The molecule has 0 aliphatic heterocycles. The van der Waals surface area contributed by atoms with Crippen molar-refractivity contribution in [3.05, 3.63) is 27.9 Å². The maximum atomic E-state index is 12.6. The predicted octanol–water partition coefficient (Wildman–Crippen LogP) is 4.83. The van der Waals surface area contributed by atoms with Crippen LogP contribution >= 0.6 is 22.9 Å². The summed E-state index contributed by atoms with van der Waals surface area (Å²) in [5.74, 6) is 0.540. The number of halogens is 1. The molecule has 0 aromatic carbocycles. The number of anilines is 2. The summed E-state index contributed by atoms with van der Waals surface area (Å²) < 4.78 is 10.3. The van der Waals surface area contributed by atoms with Crippen molar-refractivity contribution in [3.63, 3.8) is 0 Å². The molecule has 0 spiro atoms. The van der Waals surface area contributed by atoms with Crippen LogP contribution in [0.2, 0.25) is 5.02 Å². The van der Waals surface area contributed by atoms with Crippen LogP contribution in [0.15, 0.2) is 12.3 Å². The van der Waals surface area contributed by atoms with Crippen LogP contribution in [0.3, 0.4) is 0 Å². The minimum absolute atomic E-state index is 0.147. The second-order valence-electron chi connectivity index (χ2n) is 6.24. The lowest BCUT2D eigenvalue weighted by atomic mass is 10.0. The van der Waals surface area contributed by atoms with Gasteiger partial charge in [-0.25, -0.2) is 14.8 Å². The average molecular weight is 422 g/mol. The van der Waals surface area contributed by atoms with Gasteiger partial charge in [-0.1, -0.05) is 36.8 Å². The zero-order chi connectivity index (χ0) is 20.4. The second kappa shape index (κ2) is 8.15. The van der Waals surface area contributed by atoms with Crippen molar-refractivity contribution in [1.29, 1.82) is 0 Å². The number of thiazole rings is 1. The topological polar surface area (TPSA) is 98.3 Å². The number of carbonyl (C=O) groups excluding carboxylic acids is 1. The predicted molar refractivity (Wildman–Crippen MR) is 111 cm³/mol. The minimum Gasteiger partial charge on any atom is -0.480 e. The molecule has 0 radical (unpaired) electrons. The number of urea groups is 1. The van der Waals surface area contributed by atoms with Crippen LogP contribution in [0.25, 0.3) is 10.3 Å². The molecule has 0 fully saturated rings. The van der Waals surface area contributed by atoms with Gasteiger partial charge in [-0.3, -0.25) is 0 Å². The number of amides is 2. The number of aromatic nitrogens is 3. The van der Waals surface area contributed by atoms with Gasteiger partial charge in [0.05, 0.1) is 31.1 Å². The Kier molecular flexibility index (Phi) is 5.85. The molecule has 0 atom stereocenters. The standard InChI is InChI=1S/C18H20ClN5O3S/c1-8(2)13-12(7-20-17-14(13)21-9(3)28-17)23-18(25)22-11-6-10(19)15(26-4)24-16(11)27-5/h6-8H,1-5H3,(H2,22,23,25). The first-order valence-corrected chi connectivity index (χ1v) is 9.66. The molecule has 3 heterocycles. The zero-order valence-corrected chi connectivity index (χ0v) is 17.7. The summed E-state index contributed by atoms with van der Waals surface area (Å²) in [5, 5.41) is 6.71. The van der Waals surface area contributed by atoms with Crippen molar-refractivity contribution in [2.45, 2.75) is 26.7 Å². The fourth-order valence-electron chi connectivity index (χ4n) is 2.80. The van der Waals surface area contributed by atoms with E-state index in [1.54, 1.807) is 6.20 Å². The first-order chi connectivity index (χ1) is 13.3. The van der Waals surface area contributed by atoms with Crippen LogP contribution in [0, 0.1) is 6.92 Å². The van der Waals surface area contributed by atoms with Gasteiger partial charge in [-0.2, -0.15) is 4.98 Å². The number of nitrogens with one attached hydrogen (secondary N) is 2. The monoisotopic (exact) mass is 421 g/mol. The summed E-state index contributed by atoms with van der Waals surface area (Å²) in [7, 11) is 2.89. The van der Waals surface area contributed by atoms with Gasteiger partial charge in [0, 0.05) is 5.56 Å². The third kappa shape index (κ3) is 3.95. The fraction of sp³-hybridized carbons (Fsp3) is 0.333. The highest BCUT2D eigenvalue weighted by molar-refractivity contribution is 7.18. The summed E-state index contributed by atoms with van der Waals surface area (Å²) in [6.07, 6.45) is 1.64. The molecule has 10 heteroatoms. The second-order valence-corrected chi connectivity index (χ2v) is 7.83. The van der Waals surface area contributed by atoms with E-state index in [0.29, 0.717) is 11.4 Å². The summed E-state index contributed by atoms with van der Waals surface area (Å²) in [4.78, 5) is 26.6. The summed E-state index contributed by atoms with van der Waals surface area (Å²) in [6, 6.07) is 1.04. The van der Waals surface area contributed by atoms with Crippen molar-refractivity contribution in [2.75, 3.05) is 24.9 Å². The quantitative estimate of drug-likeness (QED) is 0.612. The number of hydrogen-bond acceptors (Lipinski definition) is 7. The van der Waals surface area contributed by atoms with Crippen LogP contribution < -0.4 is 20.1 Å². The van der Waals surface area contributed by atoms with Gasteiger partial charge in [0.15, 0.2) is 0 Å². The molecule has 0 saturated heterocycles. The molecule has 3 aromatic rings. The van der Waals surface area contributed by atoms with E-state index in [-0.39, 0.29) is 22.7 Å². The first kappa shape index (κ1) is 20.1. The van der Waals surface area contributed by atoms with Crippen LogP contribution in [0.5, 0.6) is 11.8 Å². The van der Waals surface area contributed by atoms with E-state index in [4.69, 9.17) is 21.1 Å². The van der Waals surface area contributed by atoms with Crippen molar-refractivity contribution >= 4 is 50.7 Å². The Labute approximate surface area is 171 Å². The molecule has 0 unspecified atom stereocenters. The van der Waals surface area contributed by atoms with E-state index >= 15 is 0 Å². The van der Waals surface area contributed by atoms with Gasteiger partial charge in [0.25, 0.3) is 0 Å². The van der Waals surface area contributed by atoms with E-state index in [9.17, 15) is 4.79 Å². The Morgan fingerprint density at radius 2 is 1.82 bits per heavy atom. The third-order valence-corrected chi connectivity index (χ3v) is 5.09. The van der Waals surface area contributed by atoms with Crippen LogP contribution in [0.1, 0.15) is 30.3 Å². The van der Waals surface area contributed by atoms with Gasteiger partial charge >= 0.3 is 6.03 Å². The lowest BCUT2D eigenvalue weighted by Crippen LogP contribution is -2.21. The van der Waals surface area contributed by atoms with Crippen LogP contribution in [0.4, 0.5) is 16.2 Å². The van der Waals surface area contributed by atoms with Crippen LogP contribution in [-0.2, 0) is 0 Å². The molecule has 3 aromatic heterocycles. The molecule has 0 aliphatic carbocycles. The number of carbonyl (C=O) groups is 1. The van der Waals surface area contributed by atoms with E-state index < -0.39 is 6.03 Å². The molecule has 0 saturated carbocycles.